The van der Waals surface area contributed by atoms with Gasteiger partial charge in [0, 0.05) is 43.4 Å². The summed E-state index contributed by atoms with van der Waals surface area (Å²) in [6.07, 6.45) is 9.62. The molecule has 0 aromatic carbocycles. The Hall–Kier alpha value is -2.11. The van der Waals surface area contributed by atoms with Gasteiger partial charge in [-0.25, -0.2) is 4.98 Å². The fourth-order valence-corrected chi connectivity index (χ4v) is 3.30. The highest BCUT2D eigenvalue weighted by molar-refractivity contribution is 5.94. The van der Waals surface area contributed by atoms with Gasteiger partial charge in [0.15, 0.2) is 5.69 Å². The Labute approximate surface area is 122 Å². The topological polar surface area (TPSA) is 73.0 Å². The van der Waals surface area contributed by atoms with Gasteiger partial charge >= 0.3 is 0 Å². The molecule has 1 atom stereocenters. The molecule has 6 nitrogen and oxygen atoms in total. The van der Waals surface area contributed by atoms with E-state index in [1.54, 1.807) is 0 Å². The van der Waals surface area contributed by atoms with Crippen molar-refractivity contribution in [3.63, 3.8) is 0 Å². The first-order valence-electron chi connectivity index (χ1n) is 7.59. The number of imidazole rings is 1. The maximum Gasteiger partial charge on any atom is 0.274 e. The van der Waals surface area contributed by atoms with E-state index in [0.29, 0.717) is 5.69 Å². The van der Waals surface area contributed by atoms with Crippen molar-refractivity contribution < 1.29 is 9.32 Å². The summed E-state index contributed by atoms with van der Waals surface area (Å²) in [4.78, 5) is 16.7. The third kappa shape index (κ3) is 2.24. The Balaban J connectivity index is 1.48. The van der Waals surface area contributed by atoms with Gasteiger partial charge in [0.25, 0.3) is 5.91 Å². The molecule has 0 saturated carbocycles. The number of amides is 1. The summed E-state index contributed by atoms with van der Waals surface area (Å²) in [7, 11) is 0. The SMILES string of the molecule is O=C(N[C@@H]1CCc2nccn2C1)c1noc2c1CCCC2. The Morgan fingerprint density at radius 1 is 1.33 bits per heavy atom. The molecular formula is C15H18N4O2. The third-order valence-corrected chi connectivity index (χ3v) is 4.44. The zero-order valence-electron chi connectivity index (χ0n) is 11.8. The van der Waals surface area contributed by atoms with Crippen LogP contribution in [0.1, 0.15) is 46.9 Å². The molecule has 0 unspecified atom stereocenters. The van der Waals surface area contributed by atoms with Crippen LogP contribution in [0.5, 0.6) is 0 Å². The molecule has 4 rings (SSSR count). The van der Waals surface area contributed by atoms with Gasteiger partial charge in [-0.1, -0.05) is 5.16 Å². The first-order chi connectivity index (χ1) is 10.3. The molecular weight excluding hydrogens is 268 g/mol. The molecule has 0 spiro atoms. The number of aromatic nitrogens is 3. The monoisotopic (exact) mass is 286 g/mol. The molecule has 1 aliphatic heterocycles. The number of nitrogens with zero attached hydrogens (tertiary/aromatic N) is 3. The molecule has 0 fully saturated rings. The number of rotatable bonds is 2. The minimum Gasteiger partial charge on any atom is -0.360 e. The van der Waals surface area contributed by atoms with Gasteiger partial charge in [0.1, 0.15) is 11.6 Å². The van der Waals surface area contributed by atoms with Crippen molar-refractivity contribution in [2.75, 3.05) is 0 Å². The molecule has 0 radical (unpaired) electrons. The van der Waals surface area contributed by atoms with Gasteiger partial charge in [-0.2, -0.15) is 0 Å². The maximum absolute atomic E-state index is 12.4. The molecule has 1 N–H and O–H groups in total. The zero-order chi connectivity index (χ0) is 14.2. The minimum atomic E-state index is -0.101. The largest absolute Gasteiger partial charge is 0.360 e. The second-order valence-corrected chi connectivity index (χ2v) is 5.84. The Morgan fingerprint density at radius 3 is 3.19 bits per heavy atom. The predicted octanol–water partition coefficient (Wildman–Crippen LogP) is 1.49. The molecule has 21 heavy (non-hydrogen) atoms. The van der Waals surface area contributed by atoms with Crippen LogP contribution in [0, 0.1) is 0 Å². The van der Waals surface area contributed by atoms with Crippen LogP contribution in [0.4, 0.5) is 0 Å². The number of nitrogens with one attached hydrogen (secondary N) is 1. The van der Waals surface area contributed by atoms with Crippen molar-refractivity contribution in [1.82, 2.24) is 20.0 Å². The molecule has 0 saturated heterocycles. The van der Waals surface area contributed by atoms with Crippen molar-refractivity contribution in [1.29, 1.82) is 0 Å². The highest BCUT2D eigenvalue weighted by Crippen LogP contribution is 2.24. The maximum atomic E-state index is 12.4. The molecule has 0 bridgehead atoms. The van der Waals surface area contributed by atoms with Crippen LogP contribution in [-0.2, 0) is 25.8 Å². The van der Waals surface area contributed by atoms with Gasteiger partial charge in [0.05, 0.1) is 0 Å². The van der Waals surface area contributed by atoms with E-state index < -0.39 is 0 Å². The van der Waals surface area contributed by atoms with Gasteiger partial charge in [-0.15, -0.1) is 0 Å². The standard InChI is InChI=1S/C15H18N4O2/c20-15(14-11-3-1-2-4-12(11)21-18-14)17-10-5-6-13-16-7-8-19(13)9-10/h7-8,10H,1-6,9H2,(H,17,20)/t10-/m1/s1. The number of fused-ring (bicyclic) bond motifs is 2. The number of carbonyl (C=O) groups excluding carboxylic acids is 1. The molecule has 2 aromatic heterocycles. The minimum absolute atomic E-state index is 0.101. The predicted molar refractivity (Wildman–Crippen MR) is 74.9 cm³/mol. The smallest absolute Gasteiger partial charge is 0.274 e. The Morgan fingerprint density at radius 2 is 2.24 bits per heavy atom. The van der Waals surface area contributed by atoms with Gasteiger partial charge in [-0.05, 0) is 25.7 Å². The molecule has 3 heterocycles. The van der Waals surface area contributed by atoms with E-state index in [1.165, 1.54) is 0 Å². The summed E-state index contributed by atoms with van der Waals surface area (Å²) in [6.45, 7) is 0.779. The third-order valence-electron chi connectivity index (χ3n) is 4.44. The lowest BCUT2D eigenvalue weighted by Gasteiger charge is -2.24. The second kappa shape index (κ2) is 5.02. The summed E-state index contributed by atoms with van der Waals surface area (Å²) in [6, 6.07) is 0.134. The summed E-state index contributed by atoms with van der Waals surface area (Å²) in [5, 5.41) is 7.08. The lowest BCUT2D eigenvalue weighted by molar-refractivity contribution is 0.0917. The first-order valence-corrected chi connectivity index (χ1v) is 7.59. The van der Waals surface area contributed by atoms with E-state index >= 15 is 0 Å². The van der Waals surface area contributed by atoms with Crippen LogP contribution in [-0.4, -0.2) is 26.7 Å². The van der Waals surface area contributed by atoms with Crippen LogP contribution in [0.25, 0.3) is 0 Å². The summed E-state index contributed by atoms with van der Waals surface area (Å²) < 4.78 is 7.42. The molecule has 2 aliphatic rings. The molecule has 1 amide bonds. The summed E-state index contributed by atoms with van der Waals surface area (Å²) in [5.41, 5.74) is 1.50. The van der Waals surface area contributed by atoms with E-state index in [1.807, 2.05) is 12.4 Å². The number of carbonyl (C=O) groups is 1. The highest BCUT2D eigenvalue weighted by atomic mass is 16.5. The van der Waals surface area contributed by atoms with E-state index in [-0.39, 0.29) is 11.9 Å². The quantitative estimate of drug-likeness (QED) is 0.908. The number of hydrogen-bond donors (Lipinski definition) is 1. The second-order valence-electron chi connectivity index (χ2n) is 5.84. The lowest BCUT2D eigenvalue weighted by atomic mass is 9.96. The Kier molecular flexibility index (Phi) is 3.02. The van der Waals surface area contributed by atoms with Crippen LogP contribution in [0.2, 0.25) is 0 Å². The number of aryl methyl sites for hydroxylation is 2. The van der Waals surface area contributed by atoms with Crippen LogP contribution in [0.15, 0.2) is 16.9 Å². The van der Waals surface area contributed by atoms with Crippen LogP contribution < -0.4 is 5.32 Å². The average Bonchev–Trinajstić information content (AvgIpc) is 3.13. The highest BCUT2D eigenvalue weighted by Gasteiger charge is 2.27. The van der Waals surface area contributed by atoms with Crippen LogP contribution in [0.3, 0.4) is 0 Å². The fourth-order valence-electron chi connectivity index (χ4n) is 3.30. The van der Waals surface area contributed by atoms with Crippen molar-refractivity contribution >= 4 is 5.91 Å². The molecule has 110 valence electrons. The van der Waals surface area contributed by atoms with Gasteiger partial charge < -0.3 is 14.4 Å². The summed E-state index contributed by atoms with van der Waals surface area (Å²) in [5.74, 6) is 1.89. The first kappa shape index (κ1) is 12.6. The van der Waals surface area contributed by atoms with Crippen molar-refractivity contribution in [2.45, 2.75) is 51.1 Å². The van der Waals surface area contributed by atoms with Crippen molar-refractivity contribution in [3.05, 3.63) is 35.2 Å². The molecule has 6 heteroatoms. The normalized spacial score (nSPS) is 20.7. The molecule has 1 aliphatic carbocycles. The Bertz CT molecular complexity index is 673. The van der Waals surface area contributed by atoms with E-state index in [4.69, 9.17) is 4.52 Å². The van der Waals surface area contributed by atoms with Crippen LogP contribution >= 0.6 is 0 Å². The van der Waals surface area contributed by atoms with E-state index in [0.717, 1.165) is 62.2 Å². The lowest BCUT2D eigenvalue weighted by Crippen LogP contribution is -2.41. The summed E-state index contributed by atoms with van der Waals surface area (Å²) >= 11 is 0. The van der Waals surface area contributed by atoms with E-state index in [9.17, 15) is 4.79 Å². The van der Waals surface area contributed by atoms with Gasteiger partial charge in [0.2, 0.25) is 0 Å². The molecule has 2 aromatic rings. The fraction of sp³-hybridized carbons (Fsp3) is 0.533. The van der Waals surface area contributed by atoms with Crippen molar-refractivity contribution in [3.8, 4) is 0 Å². The number of hydrogen-bond acceptors (Lipinski definition) is 4. The van der Waals surface area contributed by atoms with Crippen molar-refractivity contribution in [2.24, 2.45) is 0 Å². The average molecular weight is 286 g/mol. The van der Waals surface area contributed by atoms with E-state index in [2.05, 4.69) is 20.0 Å². The van der Waals surface area contributed by atoms with Gasteiger partial charge in [-0.3, -0.25) is 4.79 Å². The zero-order valence-corrected chi connectivity index (χ0v) is 11.8.